The summed E-state index contributed by atoms with van der Waals surface area (Å²) in [5.74, 6) is 1.54. The van der Waals surface area contributed by atoms with Gasteiger partial charge in [0.2, 0.25) is 5.88 Å². The first kappa shape index (κ1) is 8.64. The number of methoxy groups -OCH3 is 1. The van der Waals surface area contributed by atoms with Crippen LogP contribution in [0.4, 0.5) is 5.82 Å². The SMILES string of the molecule is C=CCNc1cc(OC)n(C)n1. The van der Waals surface area contributed by atoms with Crippen molar-refractivity contribution < 1.29 is 4.74 Å². The molecule has 0 aliphatic carbocycles. The average Bonchev–Trinajstić information content (AvgIpc) is 2.43. The molecular weight excluding hydrogens is 154 g/mol. The molecule has 0 spiro atoms. The first-order valence-electron chi connectivity index (χ1n) is 3.70. The van der Waals surface area contributed by atoms with Crippen LogP contribution in [0.2, 0.25) is 0 Å². The van der Waals surface area contributed by atoms with E-state index < -0.39 is 0 Å². The lowest BCUT2D eigenvalue weighted by Crippen LogP contribution is -1.99. The Morgan fingerprint density at radius 2 is 2.58 bits per heavy atom. The quantitative estimate of drug-likeness (QED) is 0.681. The van der Waals surface area contributed by atoms with Crippen molar-refractivity contribution in [2.24, 2.45) is 7.05 Å². The normalized spacial score (nSPS) is 9.50. The van der Waals surface area contributed by atoms with Crippen LogP contribution in [-0.2, 0) is 7.05 Å². The largest absolute Gasteiger partial charge is 0.481 e. The first-order chi connectivity index (χ1) is 5.77. The molecule has 0 bridgehead atoms. The van der Waals surface area contributed by atoms with Crippen molar-refractivity contribution in [1.82, 2.24) is 9.78 Å². The van der Waals surface area contributed by atoms with Crippen molar-refractivity contribution in [3.63, 3.8) is 0 Å². The van der Waals surface area contributed by atoms with Crippen LogP contribution in [0.5, 0.6) is 5.88 Å². The predicted octanol–water partition coefficient (Wildman–Crippen LogP) is 1.03. The fourth-order valence-corrected chi connectivity index (χ4v) is 0.904. The molecule has 0 saturated carbocycles. The fraction of sp³-hybridized carbons (Fsp3) is 0.375. The van der Waals surface area contributed by atoms with Gasteiger partial charge in [-0.2, -0.15) is 5.10 Å². The molecule has 0 fully saturated rings. The van der Waals surface area contributed by atoms with Gasteiger partial charge >= 0.3 is 0 Å². The molecule has 1 N–H and O–H groups in total. The third kappa shape index (κ3) is 1.78. The summed E-state index contributed by atoms with van der Waals surface area (Å²) in [5.41, 5.74) is 0. The number of ether oxygens (including phenoxy) is 1. The molecule has 1 heterocycles. The Balaban J connectivity index is 2.68. The number of hydrogen-bond donors (Lipinski definition) is 1. The zero-order valence-electron chi connectivity index (χ0n) is 7.37. The second kappa shape index (κ2) is 3.80. The number of hydrogen-bond acceptors (Lipinski definition) is 3. The summed E-state index contributed by atoms with van der Waals surface area (Å²) >= 11 is 0. The molecule has 4 nitrogen and oxygen atoms in total. The van der Waals surface area contributed by atoms with E-state index in [-0.39, 0.29) is 0 Å². The number of aromatic nitrogens is 2. The summed E-state index contributed by atoms with van der Waals surface area (Å²) < 4.78 is 6.71. The van der Waals surface area contributed by atoms with Gasteiger partial charge < -0.3 is 10.1 Å². The standard InChI is InChI=1S/C8H13N3O/c1-4-5-9-7-6-8(12-3)11(2)10-7/h4,6H,1,5H2,2-3H3,(H,9,10). The van der Waals surface area contributed by atoms with Gasteiger partial charge in [-0.05, 0) is 0 Å². The van der Waals surface area contributed by atoms with Gasteiger partial charge in [-0.3, -0.25) is 0 Å². The minimum atomic E-state index is 0.708. The van der Waals surface area contributed by atoms with E-state index in [9.17, 15) is 0 Å². The van der Waals surface area contributed by atoms with Crippen molar-refractivity contribution in [2.45, 2.75) is 0 Å². The molecule has 4 heteroatoms. The van der Waals surface area contributed by atoms with E-state index in [2.05, 4.69) is 17.0 Å². The Morgan fingerprint density at radius 3 is 3.08 bits per heavy atom. The highest BCUT2D eigenvalue weighted by atomic mass is 16.5. The van der Waals surface area contributed by atoms with Crippen LogP contribution in [0.1, 0.15) is 0 Å². The smallest absolute Gasteiger partial charge is 0.213 e. The molecule has 0 aliphatic heterocycles. The minimum Gasteiger partial charge on any atom is -0.481 e. The van der Waals surface area contributed by atoms with Crippen molar-refractivity contribution in [1.29, 1.82) is 0 Å². The van der Waals surface area contributed by atoms with Crippen LogP contribution in [-0.4, -0.2) is 23.4 Å². The van der Waals surface area contributed by atoms with Gasteiger partial charge in [0.15, 0.2) is 5.82 Å². The van der Waals surface area contributed by atoms with Crippen LogP contribution < -0.4 is 10.1 Å². The van der Waals surface area contributed by atoms with E-state index in [4.69, 9.17) is 4.74 Å². The Kier molecular flexibility index (Phi) is 2.74. The van der Waals surface area contributed by atoms with E-state index in [1.165, 1.54) is 0 Å². The minimum absolute atomic E-state index is 0.708. The summed E-state index contributed by atoms with van der Waals surface area (Å²) in [4.78, 5) is 0. The molecule has 0 amide bonds. The summed E-state index contributed by atoms with van der Waals surface area (Å²) in [6.07, 6.45) is 1.78. The molecule has 0 aliphatic rings. The van der Waals surface area contributed by atoms with Crippen LogP contribution in [0, 0.1) is 0 Å². The maximum absolute atomic E-state index is 5.04. The van der Waals surface area contributed by atoms with Crippen molar-refractivity contribution in [3.05, 3.63) is 18.7 Å². The molecule has 1 aromatic rings. The molecule has 66 valence electrons. The predicted molar refractivity (Wildman–Crippen MR) is 48.4 cm³/mol. The van der Waals surface area contributed by atoms with Gasteiger partial charge in [-0.15, -0.1) is 6.58 Å². The zero-order chi connectivity index (χ0) is 8.97. The van der Waals surface area contributed by atoms with Gasteiger partial charge in [-0.1, -0.05) is 6.08 Å². The molecule has 0 saturated heterocycles. The highest BCUT2D eigenvalue weighted by Crippen LogP contribution is 2.14. The molecule has 0 radical (unpaired) electrons. The fourth-order valence-electron chi connectivity index (χ4n) is 0.904. The van der Waals surface area contributed by atoms with Crippen LogP contribution in [0.3, 0.4) is 0 Å². The second-order valence-corrected chi connectivity index (χ2v) is 2.37. The maximum Gasteiger partial charge on any atom is 0.213 e. The third-order valence-electron chi connectivity index (χ3n) is 1.47. The van der Waals surface area contributed by atoms with Gasteiger partial charge in [0.05, 0.1) is 7.11 Å². The lowest BCUT2D eigenvalue weighted by molar-refractivity contribution is 0.373. The molecular formula is C8H13N3O. The van der Waals surface area contributed by atoms with Crippen molar-refractivity contribution in [3.8, 4) is 5.88 Å². The number of nitrogens with zero attached hydrogens (tertiary/aromatic N) is 2. The van der Waals surface area contributed by atoms with Gasteiger partial charge in [0.1, 0.15) is 0 Å². The number of rotatable bonds is 4. The van der Waals surface area contributed by atoms with Crippen molar-refractivity contribution in [2.75, 3.05) is 19.0 Å². The van der Waals surface area contributed by atoms with E-state index in [0.717, 1.165) is 11.7 Å². The Hall–Kier alpha value is -1.45. The molecule has 1 rings (SSSR count). The van der Waals surface area contributed by atoms with E-state index in [1.54, 1.807) is 17.9 Å². The summed E-state index contributed by atoms with van der Waals surface area (Å²) in [6.45, 7) is 4.31. The van der Waals surface area contributed by atoms with E-state index in [0.29, 0.717) is 6.54 Å². The number of nitrogens with one attached hydrogen (secondary N) is 1. The van der Waals surface area contributed by atoms with Gasteiger partial charge in [0, 0.05) is 19.7 Å². The Labute approximate surface area is 71.8 Å². The Morgan fingerprint density at radius 1 is 1.83 bits per heavy atom. The maximum atomic E-state index is 5.04. The number of aryl methyl sites for hydroxylation is 1. The van der Waals surface area contributed by atoms with E-state index >= 15 is 0 Å². The molecule has 0 atom stereocenters. The highest BCUT2D eigenvalue weighted by Gasteiger charge is 2.02. The van der Waals surface area contributed by atoms with Gasteiger partial charge in [0.25, 0.3) is 0 Å². The molecule has 0 unspecified atom stereocenters. The van der Waals surface area contributed by atoms with E-state index in [1.807, 2.05) is 13.1 Å². The zero-order valence-corrected chi connectivity index (χ0v) is 7.37. The highest BCUT2D eigenvalue weighted by molar-refractivity contribution is 5.38. The summed E-state index contributed by atoms with van der Waals surface area (Å²) in [5, 5.41) is 7.21. The lowest BCUT2D eigenvalue weighted by atomic mass is 10.5. The van der Waals surface area contributed by atoms with Crippen LogP contribution in [0.25, 0.3) is 0 Å². The monoisotopic (exact) mass is 167 g/mol. The topological polar surface area (TPSA) is 39.1 Å². The summed E-state index contributed by atoms with van der Waals surface area (Å²) in [6, 6.07) is 1.84. The Bertz CT molecular complexity index is 267. The summed E-state index contributed by atoms with van der Waals surface area (Å²) in [7, 11) is 3.45. The van der Waals surface area contributed by atoms with Gasteiger partial charge in [-0.25, -0.2) is 4.68 Å². The molecule has 0 aromatic carbocycles. The molecule has 12 heavy (non-hydrogen) atoms. The third-order valence-corrected chi connectivity index (χ3v) is 1.47. The number of anilines is 1. The van der Waals surface area contributed by atoms with Crippen LogP contribution in [0.15, 0.2) is 18.7 Å². The average molecular weight is 167 g/mol. The van der Waals surface area contributed by atoms with Crippen molar-refractivity contribution >= 4 is 5.82 Å². The van der Waals surface area contributed by atoms with Crippen LogP contribution >= 0.6 is 0 Å². The first-order valence-corrected chi connectivity index (χ1v) is 3.70. The molecule has 1 aromatic heterocycles. The lowest BCUT2D eigenvalue weighted by Gasteiger charge is -1.95. The second-order valence-electron chi connectivity index (χ2n) is 2.37.